The van der Waals surface area contributed by atoms with Gasteiger partial charge in [0.2, 0.25) is 15.9 Å². The molecule has 0 saturated heterocycles. The van der Waals surface area contributed by atoms with Crippen molar-refractivity contribution < 1.29 is 26.4 Å². The minimum Gasteiger partial charge on any atom is -0.495 e. The van der Waals surface area contributed by atoms with Gasteiger partial charge in [-0.3, -0.25) is 4.79 Å². The van der Waals surface area contributed by atoms with Gasteiger partial charge in [0, 0.05) is 6.04 Å². The largest absolute Gasteiger partial charge is 0.495 e. The second-order valence-electron chi connectivity index (χ2n) is 7.49. The lowest BCUT2D eigenvalue weighted by atomic mass is 10.1. The number of rotatable bonds is 11. The van der Waals surface area contributed by atoms with Gasteiger partial charge in [-0.15, -0.1) is 0 Å². The van der Waals surface area contributed by atoms with Crippen molar-refractivity contribution >= 4 is 31.5 Å². The van der Waals surface area contributed by atoms with Crippen molar-refractivity contribution in [3.63, 3.8) is 0 Å². The van der Waals surface area contributed by atoms with Gasteiger partial charge in [-0.1, -0.05) is 30.3 Å². The fourth-order valence-electron chi connectivity index (χ4n) is 3.04. The number of sulfone groups is 1. The third kappa shape index (κ3) is 7.05. The molecule has 1 saturated carbocycles. The molecule has 2 aromatic rings. The average molecular weight is 467 g/mol. The molecule has 0 atom stereocenters. The molecule has 0 aromatic heterocycles. The Morgan fingerprint density at radius 3 is 2.42 bits per heavy atom. The quantitative estimate of drug-likeness (QED) is 0.524. The maximum absolute atomic E-state index is 12.4. The smallest absolute Gasteiger partial charge is 0.240 e. The van der Waals surface area contributed by atoms with Crippen LogP contribution in [0, 0.1) is 0 Å². The van der Waals surface area contributed by atoms with E-state index in [1.54, 1.807) is 0 Å². The van der Waals surface area contributed by atoms with Gasteiger partial charge < -0.3 is 10.1 Å². The molecule has 0 radical (unpaired) electrons. The van der Waals surface area contributed by atoms with Crippen molar-refractivity contribution in [2.24, 2.45) is 0 Å². The molecule has 0 heterocycles. The van der Waals surface area contributed by atoms with Crippen LogP contribution in [0.3, 0.4) is 0 Å². The molecular weight excluding hydrogens is 440 g/mol. The normalized spacial score (nSPS) is 14.2. The predicted octanol–water partition coefficient (Wildman–Crippen LogP) is 2.12. The van der Waals surface area contributed by atoms with Crippen LogP contribution in [0.25, 0.3) is 0 Å². The highest BCUT2D eigenvalue weighted by atomic mass is 32.2. The summed E-state index contributed by atoms with van der Waals surface area (Å²) in [4.78, 5) is 12.3. The number of benzene rings is 2. The second kappa shape index (κ2) is 9.80. The Balaban J connectivity index is 1.62. The molecule has 31 heavy (non-hydrogen) atoms. The van der Waals surface area contributed by atoms with E-state index < -0.39 is 31.5 Å². The number of ether oxygens (including phenoxy) is 1. The first-order valence-corrected chi connectivity index (χ1v) is 13.2. The number of hydrogen-bond donors (Lipinski definition) is 2. The van der Waals surface area contributed by atoms with E-state index in [9.17, 15) is 21.6 Å². The highest BCUT2D eigenvalue weighted by Gasteiger charge is 2.28. The molecule has 0 bridgehead atoms. The van der Waals surface area contributed by atoms with Gasteiger partial charge in [-0.25, -0.2) is 21.6 Å². The molecule has 8 nitrogen and oxygen atoms in total. The van der Waals surface area contributed by atoms with Crippen molar-refractivity contribution in [2.75, 3.05) is 23.9 Å². The van der Waals surface area contributed by atoms with Crippen LogP contribution in [0.1, 0.15) is 24.8 Å². The molecule has 1 fully saturated rings. The maximum atomic E-state index is 12.4. The van der Waals surface area contributed by atoms with Crippen LogP contribution in [0.15, 0.2) is 53.4 Å². The molecule has 168 valence electrons. The number of methoxy groups -OCH3 is 1. The van der Waals surface area contributed by atoms with E-state index in [-0.39, 0.29) is 28.1 Å². The fraction of sp³-hybridized carbons (Fsp3) is 0.381. The average Bonchev–Trinajstić information content (AvgIpc) is 3.51. The third-order valence-electron chi connectivity index (χ3n) is 4.77. The van der Waals surface area contributed by atoms with Crippen LogP contribution in [-0.2, 0) is 31.1 Å². The Bertz CT molecular complexity index is 1130. The topological polar surface area (TPSA) is 119 Å². The molecule has 1 amide bonds. The fourth-order valence-corrected chi connectivity index (χ4v) is 5.57. The number of nitrogens with one attached hydrogen (secondary N) is 2. The van der Waals surface area contributed by atoms with Crippen molar-refractivity contribution in [1.82, 2.24) is 4.72 Å². The molecule has 2 aromatic carbocycles. The van der Waals surface area contributed by atoms with E-state index in [2.05, 4.69) is 10.0 Å². The second-order valence-corrected chi connectivity index (χ2v) is 11.4. The number of amides is 1. The molecule has 0 unspecified atom stereocenters. The summed E-state index contributed by atoms with van der Waals surface area (Å²) in [5.41, 5.74) is 1.13. The van der Waals surface area contributed by atoms with Crippen molar-refractivity contribution in [3.05, 3.63) is 54.1 Å². The van der Waals surface area contributed by atoms with Crippen LogP contribution >= 0.6 is 0 Å². The lowest BCUT2D eigenvalue weighted by Crippen LogP contribution is -2.27. The summed E-state index contributed by atoms with van der Waals surface area (Å²) >= 11 is 0. The van der Waals surface area contributed by atoms with E-state index >= 15 is 0 Å². The molecule has 3 rings (SSSR count). The van der Waals surface area contributed by atoms with Crippen LogP contribution in [0.5, 0.6) is 5.75 Å². The predicted molar refractivity (Wildman–Crippen MR) is 118 cm³/mol. The van der Waals surface area contributed by atoms with E-state index in [1.165, 1.54) is 25.3 Å². The van der Waals surface area contributed by atoms with Gasteiger partial charge >= 0.3 is 0 Å². The molecule has 1 aliphatic rings. The van der Waals surface area contributed by atoms with Crippen molar-refractivity contribution in [2.45, 2.75) is 36.6 Å². The lowest BCUT2D eigenvalue weighted by molar-refractivity contribution is -0.113. The molecular formula is C21H26N2O6S2. The monoisotopic (exact) mass is 466 g/mol. The first-order chi connectivity index (χ1) is 14.7. The summed E-state index contributed by atoms with van der Waals surface area (Å²) in [5, 5.41) is 2.47. The van der Waals surface area contributed by atoms with E-state index in [1.807, 2.05) is 30.3 Å². The highest BCUT2D eigenvalue weighted by molar-refractivity contribution is 7.92. The minimum absolute atomic E-state index is 0.0266. The zero-order valence-electron chi connectivity index (χ0n) is 17.2. The van der Waals surface area contributed by atoms with Crippen LogP contribution in [0.2, 0.25) is 0 Å². The third-order valence-corrected chi connectivity index (χ3v) is 7.90. The Hall–Kier alpha value is -2.43. The summed E-state index contributed by atoms with van der Waals surface area (Å²) in [5.74, 6) is -1.32. The number of carbonyl (C=O) groups excluding carboxylic acids is 1. The minimum atomic E-state index is -3.73. The summed E-state index contributed by atoms with van der Waals surface area (Å²) < 4.78 is 57.2. The van der Waals surface area contributed by atoms with Crippen LogP contribution in [0.4, 0.5) is 5.69 Å². The van der Waals surface area contributed by atoms with Gasteiger partial charge in [0.05, 0.1) is 23.4 Å². The molecule has 0 spiro atoms. The summed E-state index contributed by atoms with van der Waals surface area (Å²) in [7, 11) is -5.97. The highest BCUT2D eigenvalue weighted by Crippen LogP contribution is 2.29. The Morgan fingerprint density at radius 1 is 1.06 bits per heavy atom. The summed E-state index contributed by atoms with van der Waals surface area (Å²) in [6.07, 6.45) is 2.59. The van der Waals surface area contributed by atoms with Gasteiger partial charge in [0.15, 0.2) is 9.84 Å². The standard InChI is InChI=1S/C21H26N2O6S2/c1-29-20-12-11-18(31(27,28)23-17-9-10-17)14-19(20)22-21(24)15-30(25,26)13-5-8-16-6-3-2-4-7-16/h2-4,6-7,11-12,14,17,23H,5,8-10,13,15H2,1H3,(H,22,24). The Morgan fingerprint density at radius 2 is 1.77 bits per heavy atom. The van der Waals surface area contributed by atoms with Crippen molar-refractivity contribution in [1.29, 1.82) is 0 Å². The van der Waals surface area contributed by atoms with Gasteiger partial charge in [0.25, 0.3) is 0 Å². The molecule has 2 N–H and O–H groups in total. The van der Waals surface area contributed by atoms with Gasteiger partial charge in [-0.05, 0) is 49.4 Å². The first kappa shape index (κ1) is 23.2. The number of anilines is 1. The van der Waals surface area contributed by atoms with E-state index in [0.717, 1.165) is 18.4 Å². The first-order valence-electron chi connectivity index (χ1n) is 9.93. The summed E-state index contributed by atoms with van der Waals surface area (Å²) in [6.45, 7) is 0. The number of aryl methyl sites for hydroxylation is 1. The van der Waals surface area contributed by atoms with Gasteiger partial charge in [-0.2, -0.15) is 0 Å². The van der Waals surface area contributed by atoms with Crippen molar-refractivity contribution in [3.8, 4) is 5.75 Å². The summed E-state index contributed by atoms with van der Waals surface area (Å²) in [6, 6.07) is 13.5. The number of carbonyl (C=O) groups is 1. The number of hydrogen-bond acceptors (Lipinski definition) is 6. The Labute approximate surface area is 183 Å². The SMILES string of the molecule is COc1ccc(S(=O)(=O)NC2CC2)cc1NC(=O)CS(=O)(=O)CCCc1ccccc1. The number of sulfonamides is 1. The Kier molecular flexibility index (Phi) is 7.34. The maximum Gasteiger partial charge on any atom is 0.240 e. The van der Waals surface area contributed by atoms with E-state index in [4.69, 9.17) is 4.74 Å². The molecule has 10 heteroatoms. The zero-order valence-corrected chi connectivity index (χ0v) is 18.8. The van der Waals surface area contributed by atoms with Crippen LogP contribution < -0.4 is 14.8 Å². The molecule has 0 aliphatic heterocycles. The zero-order chi connectivity index (χ0) is 22.5. The lowest BCUT2D eigenvalue weighted by Gasteiger charge is -2.13. The van der Waals surface area contributed by atoms with Gasteiger partial charge in [0.1, 0.15) is 11.5 Å². The molecule has 1 aliphatic carbocycles. The van der Waals surface area contributed by atoms with Crippen LogP contribution in [-0.4, -0.2) is 47.4 Å². The van der Waals surface area contributed by atoms with E-state index in [0.29, 0.717) is 12.8 Å².